The van der Waals surface area contributed by atoms with Gasteiger partial charge in [0, 0.05) is 29.7 Å². The quantitative estimate of drug-likeness (QED) is 0.918. The van der Waals surface area contributed by atoms with Crippen molar-refractivity contribution in [2.75, 3.05) is 26.3 Å². The lowest BCUT2D eigenvalue weighted by Gasteiger charge is -2.28. The molecule has 1 atom stereocenters. The number of nitrogens with zero attached hydrogens (tertiary/aromatic N) is 1. The van der Waals surface area contributed by atoms with Crippen LogP contribution < -0.4 is 4.72 Å². The first-order valence-corrected chi connectivity index (χ1v) is 8.02. The third-order valence-corrected chi connectivity index (χ3v) is 5.09. The Morgan fingerprint density at radius 2 is 2.05 bits per heavy atom. The zero-order valence-electron chi connectivity index (χ0n) is 11.0. The Bertz CT molecular complexity index is 556. The molecule has 0 aliphatic carbocycles. The summed E-state index contributed by atoms with van der Waals surface area (Å²) in [6, 6.07) is 3.50. The Morgan fingerprint density at radius 1 is 1.40 bits per heavy atom. The Labute approximate surface area is 122 Å². The molecular weight excluding hydrogens is 307 g/mol. The molecule has 1 aromatic carbocycles. The van der Waals surface area contributed by atoms with E-state index in [1.165, 1.54) is 22.5 Å². The Balaban J connectivity index is 2.16. The van der Waals surface area contributed by atoms with E-state index in [0.717, 1.165) is 0 Å². The topological polar surface area (TPSA) is 58.6 Å². The highest BCUT2D eigenvalue weighted by molar-refractivity contribution is 7.87. The minimum atomic E-state index is -3.69. The van der Waals surface area contributed by atoms with Gasteiger partial charge in [-0.25, -0.2) is 4.39 Å². The minimum absolute atomic E-state index is 0.144. The fraction of sp³-hybridized carbons (Fsp3) is 0.500. The maximum absolute atomic E-state index is 13.8. The highest BCUT2D eigenvalue weighted by Gasteiger charge is 2.27. The van der Waals surface area contributed by atoms with Gasteiger partial charge in [-0.05, 0) is 19.1 Å². The number of ether oxygens (including phenoxy) is 1. The van der Waals surface area contributed by atoms with E-state index in [1.807, 2.05) is 0 Å². The lowest BCUT2D eigenvalue weighted by molar-refractivity contribution is 0.0723. The summed E-state index contributed by atoms with van der Waals surface area (Å²) >= 11 is 5.93. The van der Waals surface area contributed by atoms with Crippen LogP contribution in [0.15, 0.2) is 18.2 Å². The van der Waals surface area contributed by atoms with Crippen LogP contribution in [0.2, 0.25) is 5.02 Å². The van der Waals surface area contributed by atoms with Crippen LogP contribution in [-0.4, -0.2) is 39.0 Å². The van der Waals surface area contributed by atoms with Crippen molar-refractivity contribution in [1.82, 2.24) is 9.03 Å². The number of rotatable bonds is 4. The molecule has 1 N–H and O–H groups in total. The lowest BCUT2D eigenvalue weighted by Crippen LogP contribution is -2.47. The monoisotopic (exact) mass is 322 g/mol. The van der Waals surface area contributed by atoms with E-state index < -0.39 is 22.1 Å². The molecule has 1 heterocycles. The van der Waals surface area contributed by atoms with E-state index >= 15 is 0 Å². The number of hydrogen-bond acceptors (Lipinski definition) is 3. The van der Waals surface area contributed by atoms with Crippen LogP contribution >= 0.6 is 11.6 Å². The summed E-state index contributed by atoms with van der Waals surface area (Å²) in [6.45, 7) is 2.84. The summed E-state index contributed by atoms with van der Waals surface area (Å²) in [7, 11) is -3.69. The van der Waals surface area contributed by atoms with Gasteiger partial charge in [-0.15, -0.1) is 0 Å². The molecule has 0 bridgehead atoms. The van der Waals surface area contributed by atoms with Crippen molar-refractivity contribution < 1.29 is 17.5 Å². The van der Waals surface area contributed by atoms with E-state index in [0.29, 0.717) is 13.2 Å². The lowest BCUT2D eigenvalue weighted by atomic mass is 10.1. The van der Waals surface area contributed by atoms with Crippen molar-refractivity contribution in [3.63, 3.8) is 0 Å². The molecule has 5 nitrogen and oxygen atoms in total. The molecule has 0 amide bonds. The van der Waals surface area contributed by atoms with Gasteiger partial charge >= 0.3 is 0 Å². The van der Waals surface area contributed by atoms with Gasteiger partial charge in [-0.1, -0.05) is 17.7 Å². The SMILES string of the molecule is CC(NS(=O)(=O)N1CCOCC1)c1c(F)cccc1Cl. The molecular formula is C12H16ClFN2O3S. The second-order valence-corrected chi connectivity index (χ2v) is 6.60. The van der Waals surface area contributed by atoms with Crippen LogP contribution in [0.1, 0.15) is 18.5 Å². The van der Waals surface area contributed by atoms with E-state index in [4.69, 9.17) is 16.3 Å². The maximum atomic E-state index is 13.8. The largest absolute Gasteiger partial charge is 0.379 e. The number of hydrogen-bond donors (Lipinski definition) is 1. The molecule has 112 valence electrons. The van der Waals surface area contributed by atoms with Gasteiger partial charge in [0.05, 0.1) is 13.2 Å². The van der Waals surface area contributed by atoms with Gasteiger partial charge in [-0.2, -0.15) is 17.4 Å². The predicted octanol–water partition coefficient (Wildman–Crippen LogP) is 1.71. The second kappa shape index (κ2) is 6.36. The van der Waals surface area contributed by atoms with Crippen LogP contribution in [0.5, 0.6) is 0 Å². The average molecular weight is 323 g/mol. The molecule has 0 radical (unpaired) electrons. The molecule has 0 saturated carbocycles. The van der Waals surface area contributed by atoms with E-state index in [-0.39, 0.29) is 23.7 Å². The molecule has 2 rings (SSSR count). The third-order valence-electron chi connectivity index (χ3n) is 3.07. The van der Waals surface area contributed by atoms with Crippen molar-refractivity contribution in [2.24, 2.45) is 0 Å². The standard InChI is InChI=1S/C12H16ClFN2O3S/c1-9(12-10(13)3-2-4-11(12)14)15-20(17,18)16-5-7-19-8-6-16/h2-4,9,15H,5-8H2,1H3. The van der Waals surface area contributed by atoms with Gasteiger partial charge < -0.3 is 4.74 Å². The Morgan fingerprint density at radius 3 is 2.65 bits per heavy atom. The van der Waals surface area contributed by atoms with E-state index in [2.05, 4.69) is 4.72 Å². The number of benzene rings is 1. The zero-order valence-corrected chi connectivity index (χ0v) is 12.5. The fourth-order valence-corrected chi connectivity index (χ4v) is 3.74. The van der Waals surface area contributed by atoms with Gasteiger partial charge in [0.25, 0.3) is 10.2 Å². The zero-order chi connectivity index (χ0) is 14.8. The number of halogens is 2. The molecule has 1 unspecified atom stereocenters. The van der Waals surface area contributed by atoms with Crippen molar-refractivity contribution in [2.45, 2.75) is 13.0 Å². The summed E-state index contributed by atoms with van der Waals surface area (Å²) in [5.41, 5.74) is 0.144. The summed E-state index contributed by atoms with van der Waals surface area (Å²) in [4.78, 5) is 0. The molecule has 1 saturated heterocycles. The normalized spacial score (nSPS) is 18.9. The molecule has 20 heavy (non-hydrogen) atoms. The predicted molar refractivity (Wildman–Crippen MR) is 74.3 cm³/mol. The van der Waals surface area contributed by atoms with Crippen molar-refractivity contribution in [3.05, 3.63) is 34.6 Å². The van der Waals surface area contributed by atoms with Crippen LogP contribution in [0, 0.1) is 5.82 Å². The summed E-state index contributed by atoms with van der Waals surface area (Å²) in [5, 5.41) is 0.196. The molecule has 0 aromatic heterocycles. The van der Waals surface area contributed by atoms with Crippen molar-refractivity contribution >= 4 is 21.8 Å². The average Bonchev–Trinajstić information content (AvgIpc) is 2.39. The summed E-state index contributed by atoms with van der Waals surface area (Å²) in [5.74, 6) is -0.533. The van der Waals surface area contributed by atoms with Crippen molar-refractivity contribution in [1.29, 1.82) is 0 Å². The van der Waals surface area contributed by atoms with Crippen LogP contribution in [0.4, 0.5) is 4.39 Å². The van der Waals surface area contributed by atoms with Crippen LogP contribution in [0.25, 0.3) is 0 Å². The molecule has 1 aliphatic heterocycles. The van der Waals surface area contributed by atoms with Crippen molar-refractivity contribution in [3.8, 4) is 0 Å². The molecule has 1 aliphatic rings. The summed E-state index contributed by atoms with van der Waals surface area (Å²) < 4.78 is 47.0. The third kappa shape index (κ3) is 3.48. The molecule has 1 aromatic rings. The molecule has 8 heteroatoms. The number of nitrogens with one attached hydrogen (secondary N) is 1. The van der Waals surface area contributed by atoms with Gasteiger partial charge in [0.15, 0.2) is 0 Å². The minimum Gasteiger partial charge on any atom is -0.379 e. The first-order chi connectivity index (χ1) is 9.42. The van der Waals surface area contributed by atoms with Gasteiger partial charge in [0.1, 0.15) is 5.82 Å². The highest BCUT2D eigenvalue weighted by atomic mass is 35.5. The van der Waals surface area contributed by atoms with Crippen LogP contribution in [-0.2, 0) is 14.9 Å². The fourth-order valence-electron chi connectivity index (χ4n) is 2.07. The molecule has 1 fully saturated rings. The van der Waals surface area contributed by atoms with E-state index in [9.17, 15) is 12.8 Å². The first-order valence-electron chi connectivity index (χ1n) is 6.21. The first kappa shape index (κ1) is 15.7. The van der Waals surface area contributed by atoms with Gasteiger partial charge in [-0.3, -0.25) is 0 Å². The molecule has 0 spiro atoms. The Hall–Kier alpha value is -0.730. The van der Waals surface area contributed by atoms with Gasteiger partial charge in [0.2, 0.25) is 0 Å². The van der Waals surface area contributed by atoms with E-state index in [1.54, 1.807) is 6.92 Å². The maximum Gasteiger partial charge on any atom is 0.280 e. The number of morpholine rings is 1. The second-order valence-electron chi connectivity index (χ2n) is 4.49. The van der Waals surface area contributed by atoms with Crippen LogP contribution in [0.3, 0.4) is 0 Å². The smallest absolute Gasteiger partial charge is 0.280 e. The highest BCUT2D eigenvalue weighted by Crippen LogP contribution is 2.26. The Kier molecular flexibility index (Phi) is 4.98. The summed E-state index contributed by atoms with van der Waals surface area (Å²) in [6.07, 6.45) is 0.